The molecule has 120 valence electrons. The summed E-state index contributed by atoms with van der Waals surface area (Å²) in [6, 6.07) is 13.2. The molecule has 0 aromatic heterocycles. The van der Waals surface area contributed by atoms with Gasteiger partial charge in [-0.1, -0.05) is 47.5 Å². The zero-order valence-electron chi connectivity index (χ0n) is 12.9. The topological polar surface area (TPSA) is 29.5 Å². The highest BCUT2D eigenvalue weighted by molar-refractivity contribution is 6.42. The van der Waals surface area contributed by atoms with Crippen LogP contribution in [0, 0.1) is 0 Å². The van der Waals surface area contributed by atoms with Crippen molar-refractivity contribution in [2.24, 2.45) is 0 Å². The number of anilines is 1. The first-order valence-corrected chi connectivity index (χ1v) is 8.26. The average Bonchev–Trinajstić information content (AvgIpc) is 2.86. The molecule has 0 bridgehead atoms. The van der Waals surface area contributed by atoms with E-state index in [0.717, 1.165) is 12.1 Å². The molecule has 0 radical (unpaired) electrons. The summed E-state index contributed by atoms with van der Waals surface area (Å²) < 4.78 is 5.76. The Bertz CT molecular complexity index is 748. The molecule has 1 aliphatic heterocycles. The van der Waals surface area contributed by atoms with Gasteiger partial charge in [0.2, 0.25) is 0 Å². The predicted octanol–water partition coefficient (Wildman–Crippen LogP) is 4.74. The lowest BCUT2D eigenvalue weighted by molar-refractivity contribution is -0.124. The summed E-state index contributed by atoms with van der Waals surface area (Å²) in [6.45, 7) is 3.77. The smallest absolute Gasteiger partial charge is 0.268 e. The minimum atomic E-state index is -0.653. The summed E-state index contributed by atoms with van der Waals surface area (Å²) in [4.78, 5) is 14.6. The van der Waals surface area contributed by atoms with Crippen molar-refractivity contribution in [3.05, 3.63) is 58.1 Å². The summed E-state index contributed by atoms with van der Waals surface area (Å²) in [7, 11) is 0. The quantitative estimate of drug-likeness (QED) is 0.800. The molecule has 3 nitrogen and oxygen atoms in total. The van der Waals surface area contributed by atoms with Crippen LogP contribution in [0.2, 0.25) is 10.0 Å². The third-order valence-corrected chi connectivity index (χ3v) is 4.81. The summed E-state index contributed by atoms with van der Waals surface area (Å²) in [5.41, 5.74) is 2.14. The summed E-state index contributed by atoms with van der Waals surface area (Å²) in [5.74, 6) is 0.332. The Morgan fingerprint density at radius 2 is 1.96 bits per heavy atom. The van der Waals surface area contributed by atoms with Crippen LogP contribution in [0.5, 0.6) is 5.75 Å². The predicted molar refractivity (Wildman–Crippen MR) is 93.6 cm³/mol. The SMILES string of the molecule is C[C@H](Oc1cccc(Cl)c1Cl)C(=O)N1c2ccccc2C[C@@H]1C. The van der Waals surface area contributed by atoms with Gasteiger partial charge in [-0.15, -0.1) is 0 Å². The Kier molecular flexibility index (Phi) is 4.51. The number of carbonyl (C=O) groups is 1. The van der Waals surface area contributed by atoms with Gasteiger partial charge in [0, 0.05) is 11.7 Å². The number of hydrogen-bond donors (Lipinski definition) is 0. The maximum atomic E-state index is 12.8. The van der Waals surface area contributed by atoms with Crippen molar-refractivity contribution in [3.8, 4) is 5.75 Å². The fourth-order valence-electron chi connectivity index (χ4n) is 2.91. The third kappa shape index (κ3) is 3.04. The fraction of sp³-hybridized carbons (Fsp3) is 0.278. The van der Waals surface area contributed by atoms with Crippen molar-refractivity contribution < 1.29 is 9.53 Å². The number of para-hydroxylation sites is 1. The van der Waals surface area contributed by atoms with Gasteiger partial charge in [0.15, 0.2) is 6.10 Å². The fourth-order valence-corrected chi connectivity index (χ4v) is 3.25. The van der Waals surface area contributed by atoms with Crippen molar-refractivity contribution in [1.82, 2.24) is 0 Å². The molecule has 0 aliphatic carbocycles. The van der Waals surface area contributed by atoms with Crippen LogP contribution in [0.15, 0.2) is 42.5 Å². The molecule has 2 aromatic carbocycles. The van der Waals surface area contributed by atoms with Crippen LogP contribution in [0.4, 0.5) is 5.69 Å². The molecule has 0 unspecified atom stereocenters. The lowest BCUT2D eigenvalue weighted by atomic mass is 10.1. The van der Waals surface area contributed by atoms with E-state index in [0.29, 0.717) is 15.8 Å². The standard InChI is InChI=1S/C18H17Cl2NO2/c1-11-10-13-6-3-4-8-15(13)21(11)18(22)12(2)23-16-9-5-7-14(19)17(16)20/h3-9,11-12H,10H2,1-2H3/t11-,12-/m0/s1. The van der Waals surface area contributed by atoms with Gasteiger partial charge in [0.1, 0.15) is 10.8 Å². The van der Waals surface area contributed by atoms with Gasteiger partial charge in [0.05, 0.1) is 5.02 Å². The van der Waals surface area contributed by atoms with E-state index in [1.807, 2.05) is 25.1 Å². The monoisotopic (exact) mass is 349 g/mol. The number of amides is 1. The average molecular weight is 350 g/mol. The number of benzene rings is 2. The number of hydrogen-bond acceptors (Lipinski definition) is 2. The molecule has 5 heteroatoms. The number of fused-ring (bicyclic) bond motifs is 1. The first-order chi connectivity index (χ1) is 11.0. The maximum Gasteiger partial charge on any atom is 0.268 e. The van der Waals surface area contributed by atoms with Crippen molar-refractivity contribution >= 4 is 34.8 Å². The second kappa shape index (κ2) is 6.42. The molecule has 0 fully saturated rings. The highest BCUT2D eigenvalue weighted by Gasteiger charge is 2.34. The van der Waals surface area contributed by atoms with E-state index in [4.69, 9.17) is 27.9 Å². The van der Waals surface area contributed by atoms with Crippen LogP contribution < -0.4 is 9.64 Å². The van der Waals surface area contributed by atoms with Gasteiger partial charge in [0.25, 0.3) is 5.91 Å². The van der Waals surface area contributed by atoms with Crippen LogP contribution in [0.1, 0.15) is 19.4 Å². The highest BCUT2D eigenvalue weighted by Crippen LogP contribution is 2.34. The van der Waals surface area contributed by atoms with E-state index in [1.165, 1.54) is 5.56 Å². The van der Waals surface area contributed by atoms with Crippen molar-refractivity contribution in [3.63, 3.8) is 0 Å². The molecular formula is C18H17Cl2NO2. The summed E-state index contributed by atoms with van der Waals surface area (Å²) >= 11 is 12.1. The summed E-state index contributed by atoms with van der Waals surface area (Å²) in [5, 5.41) is 0.729. The van der Waals surface area contributed by atoms with Gasteiger partial charge in [-0.2, -0.15) is 0 Å². The molecule has 1 aliphatic rings. The molecule has 0 saturated heterocycles. The summed E-state index contributed by atoms with van der Waals surface area (Å²) in [6.07, 6.45) is 0.201. The van der Waals surface area contributed by atoms with Crippen molar-refractivity contribution in [2.75, 3.05) is 4.90 Å². The van der Waals surface area contributed by atoms with E-state index in [-0.39, 0.29) is 11.9 Å². The number of ether oxygens (including phenoxy) is 1. The van der Waals surface area contributed by atoms with Crippen LogP contribution in [-0.2, 0) is 11.2 Å². The number of rotatable bonds is 3. The first kappa shape index (κ1) is 16.2. The molecular weight excluding hydrogens is 333 g/mol. The first-order valence-electron chi connectivity index (χ1n) is 7.50. The molecule has 0 saturated carbocycles. The molecule has 1 heterocycles. The zero-order valence-corrected chi connectivity index (χ0v) is 14.4. The minimum Gasteiger partial charge on any atom is -0.479 e. The van der Waals surface area contributed by atoms with Crippen molar-refractivity contribution in [2.45, 2.75) is 32.4 Å². The molecule has 2 atom stereocenters. The highest BCUT2D eigenvalue weighted by atomic mass is 35.5. The lowest BCUT2D eigenvalue weighted by Gasteiger charge is -2.26. The van der Waals surface area contributed by atoms with E-state index in [2.05, 4.69) is 6.07 Å². The maximum absolute atomic E-state index is 12.8. The van der Waals surface area contributed by atoms with Crippen molar-refractivity contribution in [1.29, 1.82) is 0 Å². The molecule has 23 heavy (non-hydrogen) atoms. The Morgan fingerprint density at radius 1 is 1.22 bits per heavy atom. The number of nitrogens with zero attached hydrogens (tertiary/aromatic N) is 1. The second-order valence-electron chi connectivity index (χ2n) is 5.70. The van der Waals surface area contributed by atoms with Gasteiger partial charge in [-0.3, -0.25) is 4.79 Å². The molecule has 3 rings (SSSR count). The molecule has 0 spiro atoms. The zero-order chi connectivity index (χ0) is 16.6. The van der Waals surface area contributed by atoms with Crippen LogP contribution >= 0.6 is 23.2 Å². The molecule has 0 N–H and O–H groups in total. The number of carbonyl (C=O) groups excluding carboxylic acids is 1. The molecule has 2 aromatic rings. The van der Waals surface area contributed by atoms with Crippen LogP contribution in [0.3, 0.4) is 0 Å². The van der Waals surface area contributed by atoms with Gasteiger partial charge in [-0.25, -0.2) is 0 Å². The largest absolute Gasteiger partial charge is 0.479 e. The Labute approximate surface area is 145 Å². The Balaban J connectivity index is 1.82. The van der Waals surface area contributed by atoms with E-state index >= 15 is 0 Å². The van der Waals surface area contributed by atoms with Gasteiger partial charge in [-0.05, 0) is 44.0 Å². The molecule has 1 amide bonds. The van der Waals surface area contributed by atoms with Gasteiger partial charge >= 0.3 is 0 Å². The van der Waals surface area contributed by atoms with Gasteiger partial charge < -0.3 is 9.64 Å². The Morgan fingerprint density at radius 3 is 2.74 bits per heavy atom. The minimum absolute atomic E-state index is 0.0847. The third-order valence-electron chi connectivity index (χ3n) is 4.01. The lowest BCUT2D eigenvalue weighted by Crippen LogP contribution is -2.43. The van der Waals surface area contributed by atoms with Crippen LogP contribution in [0.25, 0.3) is 0 Å². The normalized spacial score (nSPS) is 17.7. The second-order valence-corrected chi connectivity index (χ2v) is 6.49. The number of halogens is 2. The van der Waals surface area contributed by atoms with E-state index < -0.39 is 6.10 Å². The van der Waals surface area contributed by atoms with E-state index in [1.54, 1.807) is 30.0 Å². The van der Waals surface area contributed by atoms with E-state index in [9.17, 15) is 4.79 Å². The Hall–Kier alpha value is -1.71. The van der Waals surface area contributed by atoms with Crippen LogP contribution in [-0.4, -0.2) is 18.1 Å².